The summed E-state index contributed by atoms with van der Waals surface area (Å²) in [6.45, 7) is 0. The van der Waals surface area contributed by atoms with Crippen molar-refractivity contribution in [2.75, 3.05) is 5.73 Å². The van der Waals surface area contributed by atoms with Crippen LogP contribution in [0.4, 0.5) is 5.13 Å². The van der Waals surface area contributed by atoms with Crippen LogP contribution in [0.2, 0.25) is 0 Å². The SMILES string of the molecule is Nc1nc(-c2ncnc3ccccc23)cs1. The van der Waals surface area contributed by atoms with Crippen LogP contribution in [0.15, 0.2) is 36.0 Å². The van der Waals surface area contributed by atoms with Gasteiger partial charge in [0.25, 0.3) is 0 Å². The molecule has 5 heteroatoms. The lowest BCUT2D eigenvalue weighted by molar-refractivity contribution is 1.21. The van der Waals surface area contributed by atoms with Crippen molar-refractivity contribution in [2.24, 2.45) is 0 Å². The van der Waals surface area contributed by atoms with Crippen LogP contribution in [0.1, 0.15) is 0 Å². The predicted octanol–water partition coefficient (Wildman–Crippen LogP) is 2.34. The molecule has 0 fully saturated rings. The number of nitrogens with two attached hydrogens (primary N) is 1. The molecule has 3 rings (SSSR count). The van der Waals surface area contributed by atoms with Gasteiger partial charge in [-0.25, -0.2) is 15.0 Å². The smallest absolute Gasteiger partial charge is 0.180 e. The summed E-state index contributed by atoms with van der Waals surface area (Å²) in [5, 5.41) is 3.46. The highest BCUT2D eigenvalue weighted by molar-refractivity contribution is 7.13. The van der Waals surface area contributed by atoms with Gasteiger partial charge in [-0.2, -0.15) is 0 Å². The first-order chi connectivity index (χ1) is 7.84. The van der Waals surface area contributed by atoms with E-state index in [1.54, 1.807) is 6.33 Å². The number of anilines is 1. The molecule has 0 saturated heterocycles. The molecule has 0 atom stereocenters. The number of thiazole rings is 1. The number of benzene rings is 1. The number of hydrogen-bond acceptors (Lipinski definition) is 5. The third-order valence-electron chi connectivity index (χ3n) is 2.31. The molecule has 0 bridgehead atoms. The topological polar surface area (TPSA) is 64.7 Å². The molecule has 0 unspecified atom stereocenters. The van der Waals surface area contributed by atoms with Crippen molar-refractivity contribution in [3.05, 3.63) is 36.0 Å². The molecule has 2 aromatic heterocycles. The van der Waals surface area contributed by atoms with E-state index in [1.807, 2.05) is 29.6 Å². The van der Waals surface area contributed by atoms with Gasteiger partial charge >= 0.3 is 0 Å². The molecule has 16 heavy (non-hydrogen) atoms. The summed E-state index contributed by atoms with van der Waals surface area (Å²) < 4.78 is 0. The second-order valence-electron chi connectivity index (χ2n) is 3.31. The summed E-state index contributed by atoms with van der Waals surface area (Å²) in [6.07, 6.45) is 1.55. The molecule has 0 radical (unpaired) electrons. The summed E-state index contributed by atoms with van der Waals surface area (Å²) in [5.74, 6) is 0. The maximum Gasteiger partial charge on any atom is 0.180 e. The van der Waals surface area contributed by atoms with Crippen LogP contribution in [0, 0.1) is 0 Å². The van der Waals surface area contributed by atoms with Gasteiger partial charge in [-0.3, -0.25) is 0 Å². The fourth-order valence-corrected chi connectivity index (χ4v) is 2.15. The third kappa shape index (κ3) is 1.42. The number of hydrogen-bond donors (Lipinski definition) is 1. The average Bonchev–Trinajstić information content (AvgIpc) is 2.75. The van der Waals surface area contributed by atoms with Crippen LogP contribution < -0.4 is 5.73 Å². The van der Waals surface area contributed by atoms with Crippen molar-refractivity contribution in [3.8, 4) is 11.4 Å². The molecule has 2 heterocycles. The van der Waals surface area contributed by atoms with E-state index in [1.165, 1.54) is 11.3 Å². The van der Waals surface area contributed by atoms with Crippen LogP contribution in [0.3, 0.4) is 0 Å². The van der Waals surface area contributed by atoms with E-state index in [2.05, 4.69) is 15.0 Å². The van der Waals surface area contributed by atoms with E-state index in [0.717, 1.165) is 22.3 Å². The largest absolute Gasteiger partial charge is 0.375 e. The summed E-state index contributed by atoms with van der Waals surface area (Å²) in [6, 6.07) is 7.86. The van der Waals surface area contributed by atoms with Crippen LogP contribution in [-0.4, -0.2) is 15.0 Å². The molecule has 0 spiro atoms. The molecule has 78 valence electrons. The fraction of sp³-hybridized carbons (Fsp3) is 0. The van der Waals surface area contributed by atoms with E-state index in [9.17, 15) is 0 Å². The second kappa shape index (κ2) is 3.53. The number of para-hydroxylation sites is 1. The van der Waals surface area contributed by atoms with E-state index in [4.69, 9.17) is 5.73 Å². The third-order valence-corrected chi connectivity index (χ3v) is 2.98. The Bertz CT molecular complexity index is 642. The van der Waals surface area contributed by atoms with Crippen LogP contribution in [0.5, 0.6) is 0 Å². The summed E-state index contributed by atoms with van der Waals surface area (Å²) in [4.78, 5) is 12.7. The standard InChI is InChI=1S/C11H8N4S/c12-11-15-9(5-16-11)10-7-3-1-2-4-8(7)13-6-14-10/h1-6H,(H2,12,15). The van der Waals surface area contributed by atoms with Crippen LogP contribution >= 0.6 is 11.3 Å². The summed E-state index contributed by atoms with van der Waals surface area (Å²) in [7, 11) is 0. The molecule has 0 saturated carbocycles. The lowest BCUT2D eigenvalue weighted by atomic mass is 10.1. The molecular weight excluding hydrogens is 220 g/mol. The van der Waals surface area contributed by atoms with Gasteiger partial charge in [-0.15, -0.1) is 11.3 Å². The molecular formula is C11H8N4S. The molecule has 0 aliphatic heterocycles. The highest BCUT2D eigenvalue weighted by Crippen LogP contribution is 2.26. The van der Waals surface area contributed by atoms with Gasteiger partial charge < -0.3 is 5.73 Å². The lowest BCUT2D eigenvalue weighted by Crippen LogP contribution is -1.89. The Kier molecular flexibility index (Phi) is 2.04. The van der Waals surface area contributed by atoms with Gasteiger partial charge in [-0.1, -0.05) is 18.2 Å². The van der Waals surface area contributed by atoms with Crippen molar-refractivity contribution >= 4 is 27.4 Å². The molecule has 0 aliphatic rings. The molecule has 0 amide bonds. The van der Waals surface area contributed by atoms with Gasteiger partial charge in [0.1, 0.15) is 17.7 Å². The zero-order valence-electron chi connectivity index (χ0n) is 8.29. The van der Waals surface area contributed by atoms with E-state index in [-0.39, 0.29) is 0 Å². The first-order valence-electron chi connectivity index (χ1n) is 4.76. The molecule has 1 aromatic carbocycles. The number of aromatic nitrogens is 3. The molecule has 0 aliphatic carbocycles. The number of fused-ring (bicyclic) bond motifs is 1. The Labute approximate surface area is 95.8 Å². The van der Waals surface area contributed by atoms with Gasteiger partial charge in [0.15, 0.2) is 5.13 Å². The van der Waals surface area contributed by atoms with E-state index >= 15 is 0 Å². The van der Waals surface area contributed by atoms with Gasteiger partial charge in [-0.05, 0) is 6.07 Å². The zero-order valence-corrected chi connectivity index (χ0v) is 9.11. The Balaban J connectivity index is 2.31. The summed E-state index contributed by atoms with van der Waals surface area (Å²) >= 11 is 1.41. The van der Waals surface area contributed by atoms with Crippen LogP contribution in [0.25, 0.3) is 22.3 Å². The molecule has 2 N–H and O–H groups in total. The average molecular weight is 228 g/mol. The minimum absolute atomic E-state index is 0.553. The van der Waals surface area contributed by atoms with Gasteiger partial charge in [0, 0.05) is 10.8 Å². The van der Waals surface area contributed by atoms with Crippen molar-refractivity contribution in [1.29, 1.82) is 0 Å². The first-order valence-corrected chi connectivity index (χ1v) is 5.64. The van der Waals surface area contributed by atoms with E-state index in [0.29, 0.717) is 5.13 Å². The second-order valence-corrected chi connectivity index (χ2v) is 4.20. The predicted molar refractivity (Wildman–Crippen MR) is 65.1 cm³/mol. The monoisotopic (exact) mass is 228 g/mol. The van der Waals surface area contributed by atoms with Crippen molar-refractivity contribution in [2.45, 2.75) is 0 Å². The maximum atomic E-state index is 5.62. The van der Waals surface area contributed by atoms with Crippen molar-refractivity contribution in [1.82, 2.24) is 15.0 Å². The minimum atomic E-state index is 0.553. The lowest BCUT2D eigenvalue weighted by Gasteiger charge is -2.00. The molecule has 4 nitrogen and oxygen atoms in total. The normalized spacial score (nSPS) is 10.8. The highest BCUT2D eigenvalue weighted by Gasteiger charge is 2.08. The van der Waals surface area contributed by atoms with Crippen molar-refractivity contribution in [3.63, 3.8) is 0 Å². The number of nitrogen functional groups attached to an aromatic ring is 1. The Hall–Kier alpha value is -2.01. The Morgan fingerprint density at radius 2 is 2.00 bits per heavy atom. The molecule has 3 aromatic rings. The quantitative estimate of drug-likeness (QED) is 0.694. The maximum absolute atomic E-state index is 5.62. The number of nitrogens with zero attached hydrogens (tertiary/aromatic N) is 3. The minimum Gasteiger partial charge on any atom is -0.375 e. The van der Waals surface area contributed by atoms with Gasteiger partial charge in [0.2, 0.25) is 0 Å². The fourth-order valence-electron chi connectivity index (χ4n) is 1.61. The Morgan fingerprint density at radius 1 is 1.12 bits per heavy atom. The highest BCUT2D eigenvalue weighted by atomic mass is 32.1. The van der Waals surface area contributed by atoms with Crippen molar-refractivity contribution < 1.29 is 0 Å². The van der Waals surface area contributed by atoms with Gasteiger partial charge in [0.05, 0.1) is 5.52 Å². The van der Waals surface area contributed by atoms with E-state index < -0.39 is 0 Å². The Morgan fingerprint density at radius 3 is 2.81 bits per heavy atom. The van der Waals surface area contributed by atoms with Crippen LogP contribution in [-0.2, 0) is 0 Å². The number of rotatable bonds is 1. The first kappa shape index (κ1) is 9.23. The zero-order chi connectivity index (χ0) is 11.0. The summed E-state index contributed by atoms with van der Waals surface area (Å²) in [5.41, 5.74) is 8.18.